The molecule has 3 heteroatoms. The van der Waals surface area contributed by atoms with Crippen molar-refractivity contribution in [3.8, 4) is 0 Å². The molecule has 2 rings (SSSR count). The van der Waals surface area contributed by atoms with Gasteiger partial charge in [-0.3, -0.25) is 0 Å². The van der Waals surface area contributed by atoms with E-state index in [9.17, 15) is 5.21 Å². The molecule has 1 saturated carbocycles. The molecule has 1 fully saturated rings. The summed E-state index contributed by atoms with van der Waals surface area (Å²) in [6.07, 6.45) is 12.2. The van der Waals surface area contributed by atoms with Crippen molar-refractivity contribution < 1.29 is 5.21 Å². The van der Waals surface area contributed by atoms with Crippen LogP contribution < -0.4 is 5.32 Å². The maximum absolute atomic E-state index is 9.39. The summed E-state index contributed by atoms with van der Waals surface area (Å²) in [6.45, 7) is 0. The first kappa shape index (κ1) is 15.9. The van der Waals surface area contributed by atoms with Crippen LogP contribution >= 0.6 is 0 Å². The second-order valence-electron chi connectivity index (χ2n) is 6.02. The maximum Gasteiger partial charge on any atom is 0.0792 e. The molecular formula is C18H28N2O. The van der Waals surface area contributed by atoms with E-state index in [1.165, 1.54) is 44.9 Å². The molecule has 21 heavy (non-hydrogen) atoms. The fraction of sp³-hybridized carbons (Fsp3) is 0.611. The minimum Gasteiger partial charge on any atom is -0.411 e. The Balaban J connectivity index is 2.00. The Morgan fingerprint density at radius 3 is 2.14 bits per heavy atom. The molecule has 0 amide bonds. The fourth-order valence-corrected chi connectivity index (χ4v) is 3.07. The molecule has 0 bridgehead atoms. The van der Waals surface area contributed by atoms with Gasteiger partial charge in [0.15, 0.2) is 0 Å². The van der Waals surface area contributed by atoms with Gasteiger partial charge in [-0.15, -0.1) is 0 Å². The Hall–Kier alpha value is -1.51. The van der Waals surface area contributed by atoms with Gasteiger partial charge in [-0.1, -0.05) is 68.3 Å². The number of nitrogens with one attached hydrogen (secondary N) is 1. The summed E-state index contributed by atoms with van der Waals surface area (Å²) in [6, 6.07) is 10.4. The van der Waals surface area contributed by atoms with Crippen LogP contribution in [0.3, 0.4) is 0 Å². The number of hydrogen-bond acceptors (Lipinski definition) is 3. The van der Waals surface area contributed by atoms with Gasteiger partial charge < -0.3 is 10.5 Å². The first-order valence-electron chi connectivity index (χ1n) is 8.42. The largest absolute Gasteiger partial charge is 0.411 e. The number of para-hydroxylation sites is 1. The smallest absolute Gasteiger partial charge is 0.0792 e. The van der Waals surface area contributed by atoms with Gasteiger partial charge in [0.2, 0.25) is 0 Å². The molecule has 0 spiro atoms. The van der Waals surface area contributed by atoms with Gasteiger partial charge in [0, 0.05) is 5.69 Å². The summed E-state index contributed by atoms with van der Waals surface area (Å²) in [7, 11) is 0. The molecule has 1 aromatic carbocycles. The van der Waals surface area contributed by atoms with E-state index in [1.807, 2.05) is 18.2 Å². The number of oxime groups is 1. The number of anilines is 1. The van der Waals surface area contributed by atoms with E-state index >= 15 is 0 Å². The Morgan fingerprint density at radius 1 is 0.857 bits per heavy atom. The second kappa shape index (κ2) is 9.43. The van der Waals surface area contributed by atoms with Crippen molar-refractivity contribution in [1.82, 2.24) is 0 Å². The average molecular weight is 288 g/mol. The molecule has 0 radical (unpaired) electrons. The minimum atomic E-state index is 0.164. The van der Waals surface area contributed by atoms with E-state index in [4.69, 9.17) is 0 Å². The zero-order valence-electron chi connectivity index (χ0n) is 12.9. The quantitative estimate of drug-likeness (QED) is 0.579. The van der Waals surface area contributed by atoms with E-state index in [-0.39, 0.29) is 6.04 Å². The van der Waals surface area contributed by atoms with Crippen LogP contribution in [0.2, 0.25) is 0 Å². The number of hydrogen-bond donors (Lipinski definition) is 2. The summed E-state index contributed by atoms with van der Waals surface area (Å²) in [5.41, 5.74) is 2.02. The topological polar surface area (TPSA) is 44.6 Å². The van der Waals surface area contributed by atoms with Gasteiger partial charge in [-0.05, 0) is 31.4 Å². The van der Waals surface area contributed by atoms with Gasteiger partial charge in [0.1, 0.15) is 0 Å². The molecule has 116 valence electrons. The number of nitrogens with zero attached hydrogens (tertiary/aromatic N) is 1. The summed E-state index contributed by atoms with van der Waals surface area (Å²) >= 11 is 0. The standard InChI is InChI=1S/C18H28N2O/c21-20-18-15-11-6-4-2-1-3-5-10-14-17(18)19-16-12-8-7-9-13-16/h7-9,12-13,17,19,21H,1-6,10-11,14-15H2/b20-18-/t17-/m1/s1. The third kappa shape index (κ3) is 5.78. The third-order valence-electron chi connectivity index (χ3n) is 4.32. The van der Waals surface area contributed by atoms with Gasteiger partial charge in [0.05, 0.1) is 11.8 Å². The molecule has 2 N–H and O–H groups in total. The van der Waals surface area contributed by atoms with E-state index in [0.717, 1.165) is 30.7 Å². The predicted molar refractivity (Wildman–Crippen MR) is 89.2 cm³/mol. The molecule has 0 aromatic heterocycles. The molecule has 3 nitrogen and oxygen atoms in total. The first-order chi connectivity index (χ1) is 10.4. The SMILES string of the molecule is O/N=C1/CCCCCCCCCC[C@H]1Nc1ccccc1. The van der Waals surface area contributed by atoms with Crippen LogP contribution in [0, 0.1) is 0 Å². The lowest BCUT2D eigenvalue weighted by Gasteiger charge is -2.21. The molecule has 1 aromatic rings. The normalized spacial score (nSPS) is 24.0. The molecule has 0 saturated heterocycles. The van der Waals surface area contributed by atoms with Crippen molar-refractivity contribution in [3.63, 3.8) is 0 Å². The van der Waals surface area contributed by atoms with Crippen LogP contribution in [-0.2, 0) is 0 Å². The molecular weight excluding hydrogens is 260 g/mol. The molecule has 1 aliphatic carbocycles. The Labute approximate surface area is 128 Å². The highest BCUT2D eigenvalue weighted by Crippen LogP contribution is 2.19. The van der Waals surface area contributed by atoms with Gasteiger partial charge in [-0.25, -0.2) is 0 Å². The van der Waals surface area contributed by atoms with Crippen LogP contribution in [0.15, 0.2) is 35.5 Å². The van der Waals surface area contributed by atoms with Gasteiger partial charge in [-0.2, -0.15) is 0 Å². The highest BCUT2D eigenvalue weighted by atomic mass is 16.4. The van der Waals surface area contributed by atoms with E-state index in [1.54, 1.807) is 0 Å². The highest BCUT2D eigenvalue weighted by molar-refractivity contribution is 5.91. The monoisotopic (exact) mass is 288 g/mol. The Bertz CT molecular complexity index is 416. The van der Waals surface area contributed by atoms with Crippen molar-refractivity contribution in [1.29, 1.82) is 0 Å². The van der Waals surface area contributed by atoms with Crippen LogP contribution in [0.25, 0.3) is 0 Å². The van der Waals surface area contributed by atoms with Gasteiger partial charge in [0.25, 0.3) is 0 Å². The fourth-order valence-electron chi connectivity index (χ4n) is 3.07. The van der Waals surface area contributed by atoms with E-state index in [0.29, 0.717) is 0 Å². The summed E-state index contributed by atoms with van der Waals surface area (Å²) in [5, 5.41) is 16.5. The van der Waals surface area contributed by atoms with Gasteiger partial charge >= 0.3 is 0 Å². The van der Waals surface area contributed by atoms with Crippen LogP contribution in [0.4, 0.5) is 5.69 Å². The lowest BCUT2D eigenvalue weighted by atomic mass is 9.96. The number of benzene rings is 1. The average Bonchev–Trinajstić information content (AvgIpc) is 2.51. The predicted octanol–water partition coefficient (Wildman–Crippen LogP) is 5.21. The highest BCUT2D eigenvalue weighted by Gasteiger charge is 2.16. The minimum absolute atomic E-state index is 0.164. The van der Waals surface area contributed by atoms with Crippen LogP contribution in [0.1, 0.15) is 64.2 Å². The Kier molecular flexibility index (Phi) is 7.13. The lowest BCUT2D eigenvalue weighted by molar-refractivity contribution is 0.314. The summed E-state index contributed by atoms with van der Waals surface area (Å²) < 4.78 is 0. The van der Waals surface area contributed by atoms with E-state index < -0.39 is 0 Å². The molecule has 0 unspecified atom stereocenters. The lowest BCUT2D eigenvalue weighted by Crippen LogP contribution is -2.30. The molecule has 0 heterocycles. The zero-order valence-corrected chi connectivity index (χ0v) is 12.9. The van der Waals surface area contributed by atoms with Crippen molar-refractivity contribution in [2.45, 2.75) is 70.3 Å². The second-order valence-corrected chi connectivity index (χ2v) is 6.02. The van der Waals surface area contributed by atoms with Crippen molar-refractivity contribution in [2.75, 3.05) is 5.32 Å². The van der Waals surface area contributed by atoms with Crippen molar-refractivity contribution >= 4 is 11.4 Å². The molecule has 1 atom stereocenters. The molecule has 1 aliphatic rings. The van der Waals surface area contributed by atoms with E-state index in [2.05, 4.69) is 22.6 Å². The summed E-state index contributed by atoms with van der Waals surface area (Å²) in [5.74, 6) is 0. The van der Waals surface area contributed by atoms with Crippen molar-refractivity contribution in [3.05, 3.63) is 30.3 Å². The zero-order chi connectivity index (χ0) is 14.8. The Morgan fingerprint density at radius 2 is 1.48 bits per heavy atom. The van der Waals surface area contributed by atoms with Crippen LogP contribution in [-0.4, -0.2) is 17.0 Å². The molecule has 0 aliphatic heterocycles. The maximum atomic E-state index is 9.39. The number of rotatable bonds is 2. The first-order valence-corrected chi connectivity index (χ1v) is 8.42. The summed E-state index contributed by atoms with van der Waals surface area (Å²) in [4.78, 5) is 0. The van der Waals surface area contributed by atoms with Crippen LogP contribution in [0.5, 0.6) is 0 Å². The third-order valence-corrected chi connectivity index (χ3v) is 4.32. The van der Waals surface area contributed by atoms with Crippen molar-refractivity contribution in [2.24, 2.45) is 5.16 Å².